The van der Waals surface area contributed by atoms with E-state index in [2.05, 4.69) is 37.5 Å². The lowest BCUT2D eigenvalue weighted by Crippen LogP contribution is -2.50. The Hall–Kier alpha value is -1.21. The van der Waals surface area contributed by atoms with Gasteiger partial charge in [0.1, 0.15) is 5.75 Å². The molecule has 3 nitrogen and oxygen atoms in total. The van der Waals surface area contributed by atoms with Crippen molar-refractivity contribution in [3.63, 3.8) is 0 Å². The van der Waals surface area contributed by atoms with Crippen molar-refractivity contribution in [2.75, 3.05) is 24.5 Å². The van der Waals surface area contributed by atoms with E-state index in [-0.39, 0.29) is 11.8 Å². The second-order valence-electron chi connectivity index (χ2n) is 4.36. The van der Waals surface area contributed by atoms with Crippen molar-refractivity contribution >= 4 is 21.6 Å². The average molecular weight is 351 g/mol. The number of hydrogen-bond donors (Lipinski definition) is 1. The number of ether oxygens (including phenoxy) is 1. The molecule has 1 aliphatic rings. The Morgan fingerprint density at radius 3 is 2.80 bits per heavy atom. The Balaban J connectivity index is 2.22. The maximum atomic E-state index is 12.2. The number of hydrogen-bond acceptors (Lipinski definition) is 3. The van der Waals surface area contributed by atoms with Crippen LogP contribution in [0.25, 0.3) is 0 Å². The summed E-state index contributed by atoms with van der Waals surface area (Å²) >= 11 is 3.30. The van der Waals surface area contributed by atoms with Gasteiger partial charge in [0.15, 0.2) is 0 Å². The number of nitrogens with one attached hydrogen (secondary N) is 1. The molecular weight excluding hydrogens is 337 g/mol. The Morgan fingerprint density at radius 2 is 2.20 bits per heavy atom. The Bertz CT molecular complexity index is 493. The average Bonchev–Trinajstić information content (AvgIpc) is 2.37. The molecule has 0 aliphatic carbocycles. The molecule has 0 saturated carbocycles. The quantitative estimate of drug-likeness (QED) is 0.846. The van der Waals surface area contributed by atoms with Gasteiger partial charge < -0.3 is 15.0 Å². The van der Waals surface area contributed by atoms with E-state index >= 15 is 0 Å². The van der Waals surface area contributed by atoms with Crippen molar-refractivity contribution in [3.05, 3.63) is 35.3 Å². The molecule has 0 unspecified atom stereocenters. The molecule has 110 valence electrons. The molecule has 2 rings (SSSR count). The van der Waals surface area contributed by atoms with E-state index in [0.717, 1.165) is 25.3 Å². The van der Waals surface area contributed by atoms with Crippen LogP contribution < -0.4 is 15.0 Å². The first-order valence-corrected chi connectivity index (χ1v) is 6.85. The molecule has 0 amide bonds. The molecule has 1 aromatic carbocycles. The van der Waals surface area contributed by atoms with E-state index in [9.17, 15) is 13.2 Å². The summed E-state index contributed by atoms with van der Waals surface area (Å²) < 4.78 is 41.0. The van der Waals surface area contributed by atoms with E-state index in [0.29, 0.717) is 4.47 Å². The van der Waals surface area contributed by atoms with Crippen LogP contribution in [0.3, 0.4) is 0 Å². The minimum Gasteiger partial charge on any atom is -0.406 e. The van der Waals surface area contributed by atoms with Gasteiger partial charge in [-0.1, -0.05) is 6.08 Å². The van der Waals surface area contributed by atoms with E-state index in [4.69, 9.17) is 0 Å². The fourth-order valence-electron chi connectivity index (χ4n) is 2.15. The highest BCUT2D eigenvalue weighted by Crippen LogP contribution is 2.33. The monoisotopic (exact) mass is 350 g/mol. The van der Waals surface area contributed by atoms with Gasteiger partial charge in [0.25, 0.3) is 0 Å². The molecule has 1 aliphatic heterocycles. The van der Waals surface area contributed by atoms with Crippen molar-refractivity contribution in [2.24, 2.45) is 0 Å². The van der Waals surface area contributed by atoms with Crippen molar-refractivity contribution in [2.45, 2.75) is 12.4 Å². The number of anilines is 1. The van der Waals surface area contributed by atoms with E-state index in [1.807, 2.05) is 6.08 Å². The highest BCUT2D eigenvalue weighted by molar-refractivity contribution is 9.10. The molecule has 0 bridgehead atoms. The fraction of sp³-hybridized carbons (Fsp3) is 0.385. The van der Waals surface area contributed by atoms with Crippen LogP contribution in [0.15, 0.2) is 35.3 Å². The summed E-state index contributed by atoms with van der Waals surface area (Å²) in [5.74, 6) is -0.238. The van der Waals surface area contributed by atoms with Crippen LogP contribution in [-0.2, 0) is 0 Å². The van der Waals surface area contributed by atoms with Gasteiger partial charge in [0, 0.05) is 24.1 Å². The van der Waals surface area contributed by atoms with Crippen LogP contribution in [0.2, 0.25) is 0 Å². The van der Waals surface area contributed by atoms with Crippen molar-refractivity contribution in [1.82, 2.24) is 5.32 Å². The maximum Gasteiger partial charge on any atom is 0.573 e. The largest absolute Gasteiger partial charge is 0.573 e. The zero-order valence-electron chi connectivity index (χ0n) is 10.6. The molecule has 0 radical (unpaired) electrons. The molecule has 7 heteroatoms. The third-order valence-corrected chi connectivity index (χ3v) is 3.65. The lowest BCUT2D eigenvalue weighted by Gasteiger charge is -2.37. The van der Waals surface area contributed by atoms with Gasteiger partial charge in [-0.05, 0) is 34.1 Å². The summed E-state index contributed by atoms with van der Waals surface area (Å²) in [6.45, 7) is 6.12. The third kappa shape index (κ3) is 3.67. The molecule has 1 atom stereocenters. The number of benzene rings is 1. The molecule has 0 spiro atoms. The van der Waals surface area contributed by atoms with Gasteiger partial charge in [0.05, 0.1) is 11.7 Å². The first-order chi connectivity index (χ1) is 9.40. The summed E-state index contributed by atoms with van der Waals surface area (Å²) in [6.07, 6.45) is -2.86. The van der Waals surface area contributed by atoms with Gasteiger partial charge in [-0.25, -0.2) is 0 Å². The van der Waals surface area contributed by atoms with Gasteiger partial charge in [-0.15, -0.1) is 19.8 Å². The topological polar surface area (TPSA) is 24.5 Å². The third-order valence-electron chi connectivity index (χ3n) is 3.02. The summed E-state index contributed by atoms with van der Waals surface area (Å²) in [4.78, 5) is 2.09. The normalized spacial score (nSPS) is 19.8. The lowest BCUT2D eigenvalue weighted by molar-refractivity contribution is -0.274. The van der Waals surface area contributed by atoms with Gasteiger partial charge in [-0.2, -0.15) is 0 Å². The predicted molar refractivity (Wildman–Crippen MR) is 75.0 cm³/mol. The van der Waals surface area contributed by atoms with Crippen molar-refractivity contribution in [1.29, 1.82) is 0 Å². The van der Waals surface area contributed by atoms with Crippen molar-refractivity contribution < 1.29 is 17.9 Å². The standard InChI is InChI=1S/C13H14BrF3N2O/c1-2-9-8-18-5-6-19(9)12-4-3-10(7-11(12)14)20-13(15,16)17/h2-4,7,9,18H,1,5-6,8H2/t9-/m0/s1. The van der Waals surface area contributed by atoms with E-state index < -0.39 is 6.36 Å². The lowest BCUT2D eigenvalue weighted by atomic mass is 10.1. The smallest absolute Gasteiger partial charge is 0.406 e. The molecule has 1 heterocycles. The van der Waals surface area contributed by atoms with Crippen LogP contribution in [0, 0.1) is 0 Å². The Kier molecular flexibility index (Phi) is 4.59. The number of halogens is 4. The van der Waals surface area contributed by atoms with E-state index in [1.165, 1.54) is 12.1 Å². The van der Waals surface area contributed by atoms with Gasteiger partial charge in [0.2, 0.25) is 0 Å². The number of nitrogens with zero attached hydrogens (tertiary/aromatic N) is 1. The fourth-order valence-corrected chi connectivity index (χ4v) is 2.74. The highest BCUT2D eigenvalue weighted by atomic mass is 79.9. The second kappa shape index (κ2) is 6.05. The van der Waals surface area contributed by atoms with Gasteiger partial charge in [-0.3, -0.25) is 0 Å². The molecule has 1 saturated heterocycles. The summed E-state index contributed by atoms with van der Waals surface area (Å²) in [6, 6.07) is 4.36. The van der Waals surface area contributed by atoms with Crippen LogP contribution in [0.1, 0.15) is 0 Å². The molecule has 20 heavy (non-hydrogen) atoms. The number of alkyl halides is 3. The summed E-state index contributed by atoms with van der Waals surface area (Å²) in [7, 11) is 0. The molecule has 0 aromatic heterocycles. The Morgan fingerprint density at radius 1 is 1.45 bits per heavy atom. The zero-order chi connectivity index (χ0) is 14.8. The summed E-state index contributed by atoms with van der Waals surface area (Å²) in [5.41, 5.74) is 0.825. The first kappa shape index (κ1) is 15.2. The molecular formula is C13H14BrF3N2O. The number of rotatable bonds is 3. The van der Waals surface area contributed by atoms with Crippen LogP contribution >= 0.6 is 15.9 Å². The van der Waals surface area contributed by atoms with Crippen LogP contribution in [-0.4, -0.2) is 32.0 Å². The maximum absolute atomic E-state index is 12.2. The predicted octanol–water partition coefficient (Wildman–Crippen LogP) is 3.31. The zero-order valence-corrected chi connectivity index (χ0v) is 12.2. The molecule has 1 fully saturated rings. The number of piperazine rings is 1. The summed E-state index contributed by atoms with van der Waals surface area (Å²) in [5, 5.41) is 3.25. The van der Waals surface area contributed by atoms with Crippen molar-refractivity contribution in [3.8, 4) is 5.75 Å². The first-order valence-electron chi connectivity index (χ1n) is 6.06. The molecule has 1 N–H and O–H groups in total. The van der Waals surface area contributed by atoms with Crippen LogP contribution in [0.5, 0.6) is 5.75 Å². The highest BCUT2D eigenvalue weighted by Gasteiger charge is 2.31. The minimum atomic E-state index is -4.68. The van der Waals surface area contributed by atoms with Crippen LogP contribution in [0.4, 0.5) is 18.9 Å². The minimum absolute atomic E-state index is 0.106. The SMILES string of the molecule is C=C[C@H]1CNCCN1c1ccc(OC(F)(F)F)cc1Br. The Labute approximate surface area is 123 Å². The van der Waals surface area contributed by atoms with Gasteiger partial charge >= 0.3 is 6.36 Å². The second-order valence-corrected chi connectivity index (χ2v) is 5.22. The molecule has 1 aromatic rings. The van der Waals surface area contributed by atoms with E-state index in [1.54, 1.807) is 6.07 Å².